The van der Waals surface area contributed by atoms with Gasteiger partial charge in [0.1, 0.15) is 0 Å². The maximum atomic E-state index is 12.3. The van der Waals surface area contributed by atoms with Crippen LogP contribution in [0.15, 0.2) is 103 Å². The van der Waals surface area contributed by atoms with Crippen LogP contribution in [0, 0.1) is 0 Å². The van der Waals surface area contributed by atoms with Gasteiger partial charge in [-0.25, -0.2) is 19.6 Å². The average molecular weight is 418 g/mol. The Morgan fingerprint density at radius 2 is 0.969 bits per heavy atom. The molecule has 0 saturated heterocycles. The highest BCUT2D eigenvalue weighted by atomic mass is 16.4. The van der Waals surface area contributed by atoms with Gasteiger partial charge in [-0.3, -0.25) is 0 Å². The van der Waals surface area contributed by atoms with Crippen molar-refractivity contribution in [2.24, 2.45) is 0 Å². The number of benzene rings is 4. The van der Waals surface area contributed by atoms with Gasteiger partial charge in [0.2, 0.25) is 11.8 Å². The highest BCUT2D eigenvalue weighted by Gasteiger charge is 2.11. The van der Waals surface area contributed by atoms with E-state index in [4.69, 9.17) is 8.83 Å². The van der Waals surface area contributed by atoms with Crippen LogP contribution in [-0.4, -0.2) is 9.97 Å². The number of rotatable bonds is 2. The quantitative estimate of drug-likeness (QED) is 0.385. The first-order chi connectivity index (χ1) is 15.7. The van der Waals surface area contributed by atoms with Crippen molar-refractivity contribution >= 4 is 32.6 Å². The summed E-state index contributed by atoms with van der Waals surface area (Å²) in [5, 5.41) is 2.75. The number of hydrogen-bond acceptors (Lipinski definition) is 6. The van der Waals surface area contributed by atoms with Gasteiger partial charge >= 0.3 is 11.3 Å². The Labute approximate surface area is 180 Å². The Morgan fingerprint density at radius 1 is 0.531 bits per heavy atom. The lowest BCUT2D eigenvalue weighted by Gasteiger charge is -2.06. The van der Waals surface area contributed by atoms with E-state index in [9.17, 15) is 9.59 Å². The fourth-order valence-electron chi connectivity index (χ4n) is 3.80. The average Bonchev–Trinajstić information content (AvgIpc) is 2.83. The molecular weight excluding hydrogens is 404 g/mol. The lowest BCUT2D eigenvalue weighted by molar-refractivity contribution is 0.518. The molecule has 2 aromatic heterocycles. The van der Waals surface area contributed by atoms with Crippen LogP contribution in [0.4, 0.5) is 0 Å². The van der Waals surface area contributed by atoms with E-state index in [1.54, 1.807) is 36.4 Å². The number of nitrogens with zero attached hydrogens (tertiary/aromatic N) is 2. The molecule has 0 spiro atoms. The summed E-state index contributed by atoms with van der Waals surface area (Å²) < 4.78 is 10.9. The molecule has 32 heavy (non-hydrogen) atoms. The molecule has 0 unspecified atom stereocenters. The Balaban J connectivity index is 1.45. The third kappa shape index (κ3) is 2.97. The summed E-state index contributed by atoms with van der Waals surface area (Å²) in [6, 6.07) is 25.5. The second kappa shape index (κ2) is 6.99. The summed E-state index contributed by atoms with van der Waals surface area (Å²) in [6.07, 6.45) is 0. The van der Waals surface area contributed by atoms with Crippen molar-refractivity contribution in [2.75, 3.05) is 0 Å². The lowest BCUT2D eigenvalue weighted by atomic mass is 10.0. The molecule has 6 heteroatoms. The van der Waals surface area contributed by atoms with E-state index in [0.29, 0.717) is 32.9 Å². The first-order valence-corrected chi connectivity index (χ1v) is 10.00. The van der Waals surface area contributed by atoms with Crippen molar-refractivity contribution in [1.82, 2.24) is 9.97 Å². The number of hydrogen-bond donors (Lipinski definition) is 0. The van der Waals surface area contributed by atoms with Crippen LogP contribution in [0.3, 0.4) is 0 Å². The molecule has 0 aliphatic carbocycles. The van der Waals surface area contributed by atoms with Crippen LogP contribution >= 0.6 is 0 Å². The molecule has 6 aromatic rings. The molecular formula is C26H14N2O4. The molecule has 0 radical (unpaired) electrons. The molecule has 0 bridgehead atoms. The van der Waals surface area contributed by atoms with Crippen molar-refractivity contribution in [3.63, 3.8) is 0 Å². The van der Waals surface area contributed by atoms with Gasteiger partial charge in [0.25, 0.3) is 0 Å². The minimum absolute atomic E-state index is 0.266. The fraction of sp³-hybridized carbons (Fsp3) is 0. The molecule has 0 aliphatic rings. The Kier molecular flexibility index (Phi) is 3.98. The Hall–Kier alpha value is -4.58. The van der Waals surface area contributed by atoms with Gasteiger partial charge in [-0.15, -0.1) is 0 Å². The molecule has 0 N–H and O–H groups in total. The van der Waals surface area contributed by atoms with E-state index in [1.165, 1.54) is 0 Å². The first kappa shape index (κ1) is 18.2. The summed E-state index contributed by atoms with van der Waals surface area (Å²) in [5.74, 6) is 0.531. The van der Waals surface area contributed by atoms with E-state index in [1.807, 2.05) is 48.5 Å². The molecule has 6 nitrogen and oxygen atoms in total. The number of fused-ring (bicyclic) bond motifs is 3. The van der Waals surface area contributed by atoms with Gasteiger partial charge in [-0.2, -0.15) is 0 Å². The molecule has 0 saturated carbocycles. The van der Waals surface area contributed by atoms with Crippen molar-refractivity contribution in [1.29, 1.82) is 0 Å². The number of aromatic nitrogens is 2. The fourth-order valence-corrected chi connectivity index (χ4v) is 3.80. The maximum absolute atomic E-state index is 12.3. The van der Waals surface area contributed by atoms with E-state index < -0.39 is 11.3 Å². The highest BCUT2D eigenvalue weighted by Crippen LogP contribution is 2.27. The molecule has 0 atom stereocenters. The van der Waals surface area contributed by atoms with E-state index in [0.717, 1.165) is 10.8 Å². The van der Waals surface area contributed by atoms with Crippen LogP contribution < -0.4 is 11.3 Å². The van der Waals surface area contributed by atoms with Crippen molar-refractivity contribution < 1.29 is 8.83 Å². The van der Waals surface area contributed by atoms with E-state index in [2.05, 4.69) is 9.97 Å². The van der Waals surface area contributed by atoms with Crippen LogP contribution in [0.1, 0.15) is 0 Å². The van der Waals surface area contributed by atoms with Gasteiger partial charge in [-0.05, 0) is 59.3 Å². The zero-order chi connectivity index (χ0) is 21.7. The normalized spacial score (nSPS) is 11.4. The van der Waals surface area contributed by atoms with Crippen LogP contribution in [-0.2, 0) is 0 Å². The minimum Gasteiger partial charge on any atom is -0.403 e. The molecule has 152 valence electrons. The van der Waals surface area contributed by atoms with Gasteiger partial charge in [0.15, 0.2) is 0 Å². The zero-order valence-electron chi connectivity index (χ0n) is 16.6. The van der Waals surface area contributed by atoms with Crippen LogP contribution in [0.5, 0.6) is 0 Å². The third-order valence-corrected chi connectivity index (χ3v) is 5.40. The smallest absolute Gasteiger partial charge is 0.347 e. The standard InChI is InChI=1S/C26H14N2O4/c29-25-19-5-1-3-7-21(19)27-23(31-25)17-11-9-16-14-18(12-10-15(16)13-17)24-28-22-8-4-2-6-20(22)26(30)32-24/h1-14H. The SMILES string of the molecule is O=c1oc(-c2ccc3cc(-c4nc5ccccc5c(=O)o4)ccc3c2)nc2ccccc12. The summed E-state index contributed by atoms with van der Waals surface area (Å²) in [7, 11) is 0. The summed E-state index contributed by atoms with van der Waals surface area (Å²) >= 11 is 0. The van der Waals surface area contributed by atoms with E-state index in [-0.39, 0.29) is 11.8 Å². The number of para-hydroxylation sites is 2. The van der Waals surface area contributed by atoms with Gasteiger partial charge in [0.05, 0.1) is 21.8 Å². The Morgan fingerprint density at radius 3 is 1.44 bits per heavy atom. The predicted octanol–water partition coefficient (Wildman–Crippen LogP) is 5.18. The second-order valence-corrected chi connectivity index (χ2v) is 7.42. The Bertz CT molecular complexity index is 1650. The summed E-state index contributed by atoms with van der Waals surface area (Å²) in [6.45, 7) is 0. The topological polar surface area (TPSA) is 86.2 Å². The van der Waals surface area contributed by atoms with Crippen molar-refractivity contribution in [2.45, 2.75) is 0 Å². The lowest BCUT2D eigenvalue weighted by Crippen LogP contribution is -2.03. The maximum Gasteiger partial charge on any atom is 0.347 e. The zero-order valence-corrected chi connectivity index (χ0v) is 16.6. The summed E-state index contributed by atoms with van der Waals surface area (Å²) in [4.78, 5) is 33.6. The van der Waals surface area contributed by atoms with Crippen molar-refractivity contribution in [3.8, 4) is 22.9 Å². The monoisotopic (exact) mass is 418 g/mol. The van der Waals surface area contributed by atoms with E-state index >= 15 is 0 Å². The summed E-state index contributed by atoms with van der Waals surface area (Å²) in [5.41, 5.74) is 1.74. The molecule has 0 aliphatic heterocycles. The largest absolute Gasteiger partial charge is 0.403 e. The van der Waals surface area contributed by atoms with Crippen LogP contribution in [0.25, 0.3) is 55.5 Å². The second-order valence-electron chi connectivity index (χ2n) is 7.42. The molecule has 6 rings (SSSR count). The molecule has 0 amide bonds. The third-order valence-electron chi connectivity index (χ3n) is 5.40. The molecule has 4 aromatic carbocycles. The van der Waals surface area contributed by atoms with Gasteiger partial charge < -0.3 is 8.83 Å². The minimum atomic E-state index is -0.418. The molecule has 0 fully saturated rings. The first-order valence-electron chi connectivity index (χ1n) is 10.00. The van der Waals surface area contributed by atoms with Gasteiger partial charge in [-0.1, -0.05) is 36.4 Å². The highest BCUT2D eigenvalue weighted by molar-refractivity contribution is 5.90. The van der Waals surface area contributed by atoms with Crippen molar-refractivity contribution in [3.05, 3.63) is 106 Å². The molecule has 2 heterocycles. The van der Waals surface area contributed by atoms with Gasteiger partial charge in [0, 0.05) is 11.1 Å². The van der Waals surface area contributed by atoms with Crippen LogP contribution in [0.2, 0.25) is 0 Å². The predicted molar refractivity (Wildman–Crippen MR) is 122 cm³/mol.